The number of benzene rings is 2. The Morgan fingerprint density at radius 3 is 2.54 bits per heavy atom. The summed E-state index contributed by atoms with van der Waals surface area (Å²) < 4.78 is 45.0. The van der Waals surface area contributed by atoms with E-state index in [9.17, 15) is 23.2 Å². The topological polar surface area (TPSA) is 61.8 Å². The number of carbonyl (C=O) groups excluding carboxylic acids is 1. The van der Waals surface area contributed by atoms with Crippen molar-refractivity contribution in [3.8, 4) is 5.75 Å². The lowest BCUT2D eigenvalue weighted by atomic mass is 10.1. The van der Waals surface area contributed by atoms with Gasteiger partial charge in [-0.1, -0.05) is 23.8 Å². The maximum absolute atomic E-state index is 13.2. The summed E-state index contributed by atoms with van der Waals surface area (Å²) in [6.07, 6.45) is -4.55. The molecule has 0 spiro atoms. The fourth-order valence-corrected chi connectivity index (χ4v) is 2.43. The minimum atomic E-state index is -4.55. The average molecular weight is 368 g/mol. The van der Waals surface area contributed by atoms with Crippen LogP contribution in [-0.4, -0.2) is 18.3 Å². The highest BCUT2D eigenvalue weighted by atomic mass is 19.4. The number of halogens is 3. The van der Waals surface area contributed by atoms with Gasteiger partial charge >= 0.3 is 12.2 Å². The smallest absolute Gasteiger partial charge is 0.419 e. The third-order valence-corrected chi connectivity index (χ3v) is 3.83. The number of ether oxygens (including phenoxy) is 1. The van der Waals surface area contributed by atoms with Gasteiger partial charge in [0.15, 0.2) is 0 Å². The van der Waals surface area contributed by atoms with Crippen molar-refractivity contribution in [3.63, 3.8) is 0 Å². The number of alkyl halides is 3. The lowest BCUT2D eigenvalue weighted by Gasteiger charge is -2.21. The number of nitrogens with zero attached hydrogens (tertiary/aromatic N) is 1. The molecular weight excluding hydrogens is 349 g/mol. The van der Waals surface area contributed by atoms with Gasteiger partial charge in [-0.05, 0) is 37.6 Å². The molecule has 0 radical (unpaired) electrons. The second-order valence-electron chi connectivity index (χ2n) is 5.73. The van der Waals surface area contributed by atoms with Gasteiger partial charge in [0.1, 0.15) is 12.4 Å². The summed E-state index contributed by atoms with van der Waals surface area (Å²) in [5, 5.41) is 12.7. The highest BCUT2D eigenvalue weighted by Gasteiger charge is 2.34. The van der Waals surface area contributed by atoms with E-state index in [0.29, 0.717) is 21.8 Å². The Balaban J connectivity index is 2.35. The molecule has 0 bridgehead atoms. The maximum atomic E-state index is 13.2. The van der Waals surface area contributed by atoms with Gasteiger partial charge < -0.3 is 10.1 Å². The number of carbonyl (C=O) groups is 1. The van der Waals surface area contributed by atoms with Crippen molar-refractivity contribution in [2.24, 2.45) is 0 Å². The highest BCUT2D eigenvalue weighted by molar-refractivity contribution is 5.90. The van der Waals surface area contributed by atoms with Gasteiger partial charge in [-0.2, -0.15) is 18.2 Å². The van der Waals surface area contributed by atoms with Crippen LogP contribution in [0.15, 0.2) is 36.4 Å². The number of anilines is 1. The third-order valence-electron chi connectivity index (χ3n) is 3.83. The molecule has 26 heavy (non-hydrogen) atoms. The molecule has 0 aliphatic carbocycles. The van der Waals surface area contributed by atoms with E-state index >= 15 is 0 Å². The Labute approximate surface area is 149 Å². The van der Waals surface area contributed by atoms with Crippen molar-refractivity contribution in [2.75, 3.05) is 12.1 Å². The Bertz CT molecular complexity index is 807. The predicted octanol–water partition coefficient (Wildman–Crippen LogP) is 4.44. The van der Waals surface area contributed by atoms with E-state index in [0.717, 1.165) is 6.07 Å². The standard InChI is InChI=1S/C18H19F3N2O3/c1-11-7-8-16(14(9-11)18(19,20)21)26-10-13-12(2)5-4-6-15(13)23(25)17(24)22-3/h4-9,25H,10H2,1-3H3,(H,22,24). The maximum Gasteiger partial charge on any atom is 0.419 e. The molecule has 2 rings (SSSR count). The summed E-state index contributed by atoms with van der Waals surface area (Å²) in [5.41, 5.74) is 0.769. The fraction of sp³-hybridized carbons (Fsp3) is 0.278. The van der Waals surface area contributed by atoms with E-state index in [4.69, 9.17) is 4.74 Å². The zero-order valence-electron chi connectivity index (χ0n) is 14.5. The lowest BCUT2D eigenvalue weighted by molar-refractivity contribution is -0.139. The van der Waals surface area contributed by atoms with Crippen molar-refractivity contribution in [2.45, 2.75) is 26.6 Å². The van der Waals surface area contributed by atoms with E-state index in [1.807, 2.05) is 0 Å². The number of nitrogens with one attached hydrogen (secondary N) is 1. The molecule has 0 heterocycles. The SMILES string of the molecule is CNC(=O)N(O)c1cccc(C)c1COc1ccc(C)cc1C(F)(F)F. The molecule has 0 atom stereocenters. The van der Waals surface area contributed by atoms with Crippen LogP contribution in [0.25, 0.3) is 0 Å². The number of hydroxylamine groups is 1. The second kappa shape index (κ2) is 7.65. The predicted molar refractivity (Wildman–Crippen MR) is 90.4 cm³/mol. The van der Waals surface area contributed by atoms with Crippen LogP contribution in [0.3, 0.4) is 0 Å². The number of amides is 2. The van der Waals surface area contributed by atoms with Crippen molar-refractivity contribution >= 4 is 11.7 Å². The number of hydrogen-bond donors (Lipinski definition) is 2. The molecule has 0 unspecified atom stereocenters. The molecule has 8 heteroatoms. The summed E-state index contributed by atoms with van der Waals surface area (Å²) in [6.45, 7) is 3.02. The minimum absolute atomic E-state index is 0.130. The summed E-state index contributed by atoms with van der Waals surface area (Å²) >= 11 is 0. The van der Waals surface area contributed by atoms with E-state index in [-0.39, 0.29) is 18.0 Å². The van der Waals surface area contributed by atoms with Gasteiger partial charge in [-0.3, -0.25) is 5.21 Å². The van der Waals surface area contributed by atoms with Crippen LogP contribution in [-0.2, 0) is 12.8 Å². The summed E-state index contributed by atoms with van der Waals surface area (Å²) in [6, 6.07) is 7.81. The fourth-order valence-electron chi connectivity index (χ4n) is 2.43. The van der Waals surface area contributed by atoms with Gasteiger partial charge in [0.05, 0.1) is 11.3 Å². The second-order valence-corrected chi connectivity index (χ2v) is 5.73. The molecule has 5 nitrogen and oxygen atoms in total. The number of rotatable bonds is 4. The summed E-state index contributed by atoms with van der Waals surface area (Å²) in [4.78, 5) is 11.6. The van der Waals surface area contributed by atoms with Crippen LogP contribution in [0.5, 0.6) is 5.75 Å². The molecule has 0 aliphatic heterocycles. The van der Waals surface area contributed by atoms with Crippen molar-refractivity contribution in [1.82, 2.24) is 5.32 Å². The van der Waals surface area contributed by atoms with Crippen molar-refractivity contribution in [3.05, 3.63) is 58.7 Å². The van der Waals surface area contributed by atoms with Gasteiger partial charge in [-0.25, -0.2) is 4.79 Å². The summed E-state index contributed by atoms with van der Waals surface area (Å²) in [5.74, 6) is -0.318. The monoisotopic (exact) mass is 368 g/mol. The van der Waals surface area contributed by atoms with E-state index in [2.05, 4.69) is 5.32 Å². The van der Waals surface area contributed by atoms with E-state index < -0.39 is 17.8 Å². The first-order valence-corrected chi connectivity index (χ1v) is 7.75. The number of urea groups is 1. The molecule has 0 aliphatic rings. The zero-order chi connectivity index (χ0) is 19.5. The van der Waals surface area contributed by atoms with Crippen LogP contribution in [0, 0.1) is 13.8 Å². The first kappa shape index (κ1) is 19.6. The molecule has 2 aromatic rings. The Morgan fingerprint density at radius 1 is 1.23 bits per heavy atom. The van der Waals surface area contributed by atoms with Crippen LogP contribution in [0.4, 0.5) is 23.7 Å². The quantitative estimate of drug-likeness (QED) is 0.620. The Morgan fingerprint density at radius 2 is 1.92 bits per heavy atom. The largest absolute Gasteiger partial charge is 0.488 e. The van der Waals surface area contributed by atoms with Crippen molar-refractivity contribution in [1.29, 1.82) is 0 Å². The van der Waals surface area contributed by atoms with Crippen LogP contribution >= 0.6 is 0 Å². The first-order valence-electron chi connectivity index (χ1n) is 7.75. The van der Waals surface area contributed by atoms with Gasteiger partial charge in [0.2, 0.25) is 0 Å². The molecule has 0 saturated carbocycles. The van der Waals surface area contributed by atoms with Gasteiger partial charge in [0.25, 0.3) is 0 Å². The Hall–Kier alpha value is -2.74. The van der Waals surface area contributed by atoms with E-state index in [1.165, 1.54) is 25.2 Å². The molecule has 2 aromatic carbocycles. The minimum Gasteiger partial charge on any atom is -0.488 e. The molecule has 0 saturated heterocycles. The molecular formula is C18H19F3N2O3. The normalized spacial score (nSPS) is 11.2. The van der Waals surface area contributed by atoms with Crippen LogP contribution in [0.2, 0.25) is 0 Å². The van der Waals surface area contributed by atoms with Gasteiger partial charge in [-0.15, -0.1) is 0 Å². The zero-order valence-corrected chi connectivity index (χ0v) is 14.5. The van der Waals surface area contributed by atoms with Crippen LogP contribution < -0.4 is 15.1 Å². The van der Waals surface area contributed by atoms with Crippen molar-refractivity contribution < 1.29 is 27.9 Å². The molecule has 140 valence electrons. The van der Waals surface area contributed by atoms with Gasteiger partial charge in [0, 0.05) is 12.6 Å². The Kier molecular flexibility index (Phi) is 5.76. The molecule has 0 fully saturated rings. The number of hydrogen-bond acceptors (Lipinski definition) is 3. The highest BCUT2D eigenvalue weighted by Crippen LogP contribution is 2.37. The van der Waals surface area contributed by atoms with Crippen LogP contribution in [0.1, 0.15) is 22.3 Å². The first-order chi connectivity index (χ1) is 12.1. The summed E-state index contributed by atoms with van der Waals surface area (Å²) in [7, 11) is 1.35. The molecule has 2 N–H and O–H groups in total. The lowest BCUT2D eigenvalue weighted by Crippen LogP contribution is -2.36. The molecule has 0 aromatic heterocycles. The molecule has 2 amide bonds. The number of aryl methyl sites for hydroxylation is 2. The third kappa shape index (κ3) is 4.26. The van der Waals surface area contributed by atoms with E-state index in [1.54, 1.807) is 26.0 Å². The average Bonchev–Trinajstić information content (AvgIpc) is 2.59.